The van der Waals surface area contributed by atoms with E-state index in [0.29, 0.717) is 17.9 Å². The van der Waals surface area contributed by atoms with Gasteiger partial charge in [0.2, 0.25) is 5.43 Å². The topological polar surface area (TPSA) is 93.8 Å². The van der Waals surface area contributed by atoms with Crippen LogP contribution in [0, 0.1) is 0 Å². The predicted octanol–water partition coefficient (Wildman–Crippen LogP) is 2.95. The zero-order chi connectivity index (χ0) is 18.6. The molecule has 1 heterocycles. The zero-order valence-corrected chi connectivity index (χ0v) is 13.2. The first-order chi connectivity index (χ1) is 11.6. The molecule has 0 fully saturated rings. The molecule has 132 valence electrons. The highest BCUT2D eigenvalue weighted by Crippen LogP contribution is 2.35. The molecule has 0 aliphatic carbocycles. The summed E-state index contributed by atoms with van der Waals surface area (Å²) in [5.41, 5.74) is -6.80. The van der Waals surface area contributed by atoms with Gasteiger partial charge in [-0.2, -0.15) is 13.2 Å². The fourth-order valence-corrected chi connectivity index (χ4v) is 3.12. The monoisotopic (exact) mass is 374 g/mol. The molecule has 10 heteroatoms. The Balaban J connectivity index is 2.42. The minimum atomic E-state index is -5.72. The van der Waals surface area contributed by atoms with E-state index in [4.69, 9.17) is 9.15 Å². The molecule has 0 aliphatic rings. The van der Waals surface area contributed by atoms with E-state index in [-0.39, 0.29) is 11.0 Å². The maximum atomic E-state index is 12.7. The Kier molecular flexibility index (Phi) is 3.68. The summed E-state index contributed by atoms with van der Waals surface area (Å²) < 4.78 is 71.4. The number of aromatic hydroxyl groups is 1. The number of hydrogen-bond donors (Lipinski definition) is 1. The van der Waals surface area contributed by atoms with Crippen LogP contribution < -0.4 is 10.2 Å². The van der Waals surface area contributed by atoms with E-state index < -0.39 is 42.4 Å². The van der Waals surface area contributed by atoms with Crippen LogP contribution in [0.4, 0.5) is 13.2 Å². The second-order valence-corrected chi connectivity index (χ2v) is 7.00. The fourth-order valence-electron chi connectivity index (χ4n) is 2.33. The highest BCUT2D eigenvalue weighted by molar-refractivity contribution is 7.92. The standard InChI is InChI=1S/C15H9F3O6S/c1-23-7-2-3-9-11(4-7)24-12-6-8(25(21,22)15(16,17)18)5-10(19)13(12)14(9)20/h2-6,19H,1H3. The third-order valence-electron chi connectivity index (χ3n) is 3.55. The summed E-state index contributed by atoms with van der Waals surface area (Å²) in [5, 5.41) is 9.54. The van der Waals surface area contributed by atoms with Crippen molar-refractivity contribution in [1.82, 2.24) is 0 Å². The van der Waals surface area contributed by atoms with Crippen molar-refractivity contribution in [2.24, 2.45) is 0 Å². The first-order valence-corrected chi connectivity index (χ1v) is 8.13. The first-order valence-electron chi connectivity index (χ1n) is 6.65. The quantitative estimate of drug-likeness (QED) is 0.693. The first kappa shape index (κ1) is 17.1. The molecule has 6 nitrogen and oxygen atoms in total. The van der Waals surface area contributed by atoms with Crippen LogP contribution in [-0.2, 0) is 9.84 Å². The Morgan fingerprint density at radius 2 is 1.80 bits per heavy atom. The molecule has 2 aromatic carbocycles. The lowest BCUT2D eigenvalue weighted by Crippen LogP contribution is -2.23. The zero-order valence-electron chi connectivity index (χ0n) is 12.4. The molecule has 1 N–H and O–H groups in total. The van der Waals surface area contributed by atoms with Gasteiger partial charge in [0.05, 0.1) is 17.4 Å². The van der Waals surface area contributed by atoms with Crippen molar-refractivity contribution >= 4 is 31.8 Å². The van der Waals surface area contributed by atoms with Gasteiger partial charge in [-0.15, -0.1) is 0 Å². The Labute approximate surface area is 138 Å². The van der Waals surface area contributed by atoms with Crippen LogP contribution in [0.3, 0.4) is 0 Å². The fraction of sp³-hybridized carbons (Fsp3) is 0.133. The van der Waals surface area contributed by atoms with Crippen LogP contribution in [0.25, 0.3) is 21.9 Å². The van der Waals surface area contributed by atoms with Crippen molar-refractivity contribution in [3.05, 3.63) is 40.6 Å². The van der Waals surface area contributed by atoms with E-state index in [1.807, 2.05) is 0 Å². The van der Waals surface area contributed by atoms with Crippen molar-refractivity contribution in [3.8, 4) is 11.5 Å². The van der Waals surface area contributed by atoms with Crippen molar-refractivity contribution in [2.45, 2.75) is 10.4 Å². The number of phenols is 1. The molecule has 3 aromatic rings. The van der Waals surface area contributed by atoms with Crippen molar-refractivity contribution in [2.75, 3.05) is 7.11 Å². The summed E-state index contributed by atoms with van der Waals surface area (Å²) >= 11 is 0. The SMILES string of the molecule is COc1ccc2c(=O)c3c(O)cc(S(=O)(=O)C(F)(F)F)cc3oc2c1. The number of benzene rings is 2. The molecule has 1 aromatic heterocycles. The van der Waals surface area contributed by atoms with Gasteiger partial charge in [-0.1, -0.05) is 0 Å². The average molecular weight is 374 g/mol. The minimum Gasteiger partial charge on any atom is -0.507 e. The van der Waals surface area contributed by atoms with E-state index >= 15 is 0 Å². The number of hydrogen-bond acceptors (Lipinski definition) is 6. The second-order valence-electron chi connectivity index (χ2n) is 5.06. The van der Waals surface area contributed by atoms with E-state index in [1.54, 1.807) is 0 Å². The Morgan fingerprint density at radius 3 is 2.40 bits per heavy atom. The molecule has 0 atom stereocenters. The molecule has 0 amide bonds. The Morgan fingerprint density at radius 1 is 1.12 bits per heavy atom. The molecule has 0 radical (unpaired) electrons. The lowest BCUT2D eigenvalue weighted by Gasteiger charge is -2.10. The molecule has 3 rings (SSSR count). The summed E-state index contributed by atoms with van der Waals surface area (Å²) in [5.74, 6) is -0.606. The average Bonchev–Trinajstić information content (AvgIpc) is 2.52. The smallest absolute Gasteiger partial charge is 0.501 e. The molecule has 0 bridgehead atoms. The normalized spacial score (nSPS) is 12.6. The van der Waals surface area contributed by atoms with Crippen LogP contribution in [0.2, 0.25) is 0 Å². The third kappa shape index (κ3) is 2.58. The summed E-state index contributed by atoms with van der Waals surface area (Å²) in [7, 11) is -4.35. The van der Waals surface area contributed by atoms with Crippen LogP contribution >= 0.6 is 0 Å². The minimum absolute atomic E-state index is 0.0298. The van der Waals surface area contributed by atoms with Gasteiger partial charge in [-0.05, 0) is 18.2 Å². The second kappa shape index (κ2) is 5.38. The Hall–Kier alpha value is -2.75. The van der Waals surface area contributed by atoms with Crippen LogP contribution in [-0.4, -0.2) is 26.1 Å². The number of rotatable bonds is 2. The predicted molar refractivity (Wildman–Crippen MR) is 81.4 cm³/mol. The molecular weight excluding hydrogens is 365 g/mol. The lowest BCUT2D eigenvalue weighted by molar-refractivity contribution is -0.0435. The molecule has 0 spiro atoms. The van der Waals surface area contributed by atoms with Crippen molar-refractivity contribution in [3.63, 3.8) is 0 Å². The summed E-state index contributed by atoms with van der Waals surface area (Å²) in [6.45, 7) is 0. The summed E-state index contributed by atoms with van der Waals surface area (Å²) in [4.78, 5) is 11.2. The number of fused-ring (bicyclic) bond motifs is 2. The van der Waals surface area contributed by atoms with Gasteiger partial charge in [0.25, 0.3) is 9.84 Å². The molecular formula is C15H9F3O6S. The van der Waals surface area contributed by atoms with Gasteiger partial charge in [-0.25, -0.2) is 8.42 Å². The highest BCUT2D eigenvalue weighted by Gasteiger charge is 2.47. The van der Waals surface area contributed by atoms with E-state index in [0.717, 1.165) is 0 Å². The molecule has 0 unspecified atom stereocenters. The van der Waals surface area contributed by atoms with Crippen molar-refractivity contribution in [1.29, 1.82) is 0 Å². The van der Waals surface area contributed by atoms with Crippen LogP contribution in [0.5, 0.6) is 11.5 Å². The molecule has 0 aliphatic heterocycles. The summed E-state index contributed by atoms with van der Waals surface area (Å²) in [6.07, 6.45) is 0. The molecule has 0 saturated heterocycles. The van der Waals surface area contributed by atoms with Crippen LogP contribution in [0.1, 0.15) is 0 Å². The van der Waals surface area contributed by atoms with Crippen molar-refractivity contribution < 1.29 is 35.8 Å². The number of alkyl halides is 3. The van der Waals surface area contributed by atoms with Gasteiger partial charge >= 0.3 is 5.51 Å². The number of halogens is 3. The number of ether oxygens (including phenoxy) is 1. The molecule has 25 heavy (non-hydrogen) atoms. The maximum Gasteiger partial charge on any atom is 0.501 e. The van der Waals surface area contributed by atoms with Crippen LogP contribution in [0.15, 0.2) is 44.4 Å². The van der Waals surface area contributed by atoms with Gasteiger partial charge in [0.1, 0.15) is 28.1 Å². The van der Waals surface area contributed by atoms with E-state index in [1.165, 1.54) is 25.3 Å². The lowest BCUT2D eigenvalue weighted by atomic mass is 10.1. The largest absolute Gasteiger partial charge is 0.507 e. The number of sulfone groups is 1. The third-order valence-corrected chi connectivity index (χ3v) is 5.02. The van der Waals surface area contributed by atoms with Gasteiger partial charge in [-0.3, -0.25) is 4.79 Å². The highest BCUT2D eigenvalue weighted by atomic mass is 32.2. The van der Waals surface area contributed by atoms with Gasteiger partial charge in [0.15, 0.2) is 0 Å². The van der Waals surface area contributed by atoms with E-state index in [9.17, 15) is 31.5 Å². The molecule has 0 saturated carbocycles. The maximum absolute atomic E-state index is 12.7. The Bertz CT molecular complexity index is 1160. The van der Waals surface area contributed by atoms with Gasteiger partial charge < -0.3 is 14.3 Å². The van der Waals surface area contributed by atoms with Gasteiger partial charge in [0, 0.05) is 12.1 Å². The summed E-state index contributed by atoms with van der Waals surface area (Å²) in [6, 6.07) is 5.07. The van der Waals surface area contributed by atoms with E-state index in [2.05, 4.69) is 0 Å². The number of phenolic OH excluding ortho intramolecular Hbond substituents is 1. The number of methoxy groups -OCH3 is 1.